The molecule has 3 rings (SSSR count). The van der Waals surface area contributed by atoms with Crippen LogP contribution in [-0.2, 0) is 19.3 Å². The molecule has 7 nitrogen and oxygen atoms in total. The summed E-state index contributed by atoms with van der Waals surface area (Å²) >= 11 is 0.861. The van der Waals surface area contributed by atoms with Crippen LogP contribution in [0.15, 0.2) is 5.38 Å². The highest BCUT2D eigenvalue weighted by molar-refractivity contribution is 7.09. The Morgan fingerprint density at radius 1 is 1.48 bits per heavy atom. The first-order chi connectivity index (χ1) is 10.8. The van der Waals surface area contributed by atoms with E-state index in [-0.39, 0.29) is 17.4 Å². The Hall–Kier alpha value is -2.17. The lowest BCUT2D eigenvalue weighted by molar-refractivity contribution is -0.140. The van der Waals surface area contributed by atoms with E-state index < -0.39 is 17.8 Å². The Balaban J connectivity index is 1.70. The van der Waals surface area contributed by atoms with Crippen LogP contribution >= 0.6 is 11.3 Å². The van der Waals surface area contributed by atoms with Gasteiger partial charge in [-0.25, -0.2) is 9.67 Å². The number of thiazole rings is 1. The number of amides is 1. The van der Waals surface area contributed by atoms with Crippen LogP contribution in [0.4, 0.5) is 19.1 Å². The predicted molar refractivity (Wildman–Crippen MR) is 76.0 cm³/mol. The number of carbonyl (C=O) groups excluding carboxylic acids is 1. The van der Waals surface area contributed by atoms with Crippen molar-refractivity contribution in [1.29, 1.82) is 0 Å². The van der Waals surface area contributed by atoms with Crippen LogP contribution in [0.1, 0.15) is 27.7 Å². The number of alkyl halides is 3. The first-order valence-electron chi connectivity index (χ1n) is 6.80. The molecule has 23 heavy (non-hydrogen) atoms. The first kappa shape index (κ1) is 15.7. The molecule has 0 aromatic carbocycles. The van der Waals surface area contributed by atoms with Gasteiger partial charge in [0.1, 0.15) is 5.01 Å². The maximum Gasteiger partial charge on any atom is 0.434 e. The third kappa shape index (κ3) is 3.28. The molecule has 124 valence electrons. The second-order valence-electron chi connectivity index (χ2n) is 5.05. The Labute approximate surface area is 133 Å². The molecule has 1 aliphatic heterocycles. The molecule has 0 atom stereocenters. The van der Waals surface area contributed by atoms with E-state index in [1.807, 2.05) is 0 Å². The molecular weight excluding hydrogens is 333 g/mol. The fourth-order valence-electron chi connectivity index (χ4n) is 2.11. The number of carbonyl (C=O) groups is 1. The van der Waals surface area contributed by atoms with E-state index in [4.69, 9.17) is 0 Å². The summed E-state index contributed by atoms with van der Waals surface area (Å²) in [6, 6.07) is 0. The summed E-state index contributed by atoms with van der Waals surface area (Å²) in [5.74, 6) is 0.0866. The molecule has 0 fully saturated rings. The fourth-order valence-corrected chi connectivity index (χ4v) is 2.96. The van der Waals surface area contributed by atoms with Gasteiger partial charge in [0.25, 0.3) is 5.91 Å². The van der Waals surface area contributed by atoms with Crippen molar-refractivity contribution in [1.82, 2.24) is 24.6 Å². The van der Waals surface area contributed by atoms with Crippen molar-refractivity contribution >= 4 is 23.2 Å². The molecule has 0 aliphatic carbocycles. The van der Waals surface area contributed by atoms with Crippen LogP contribution in [-0.4, -0.2) is 44.1 Å². The number of hydrogen-bond donors (Lipinski definition) is 1. The predicted octanol–water partition coefficient (Wildman–Crippen LogP) is 1.84. The lowest BCUT2D eigenvalue weighted by atomic mass is 10.4. The van der Waals surface area contributed by atoms with Crippen LogP contribution in [0, 0.1) is 0 Å². The SMILES string of the molecule is CN(Cc1nc(C(F)(F)F)cs1)C(=O)c1nc2n(n1)CCCN2. The molecule has 11 heteroatoms. The summed E-state index contributed by atoms with van der Waals surface area (Å²) in [5, 5.41) is 8.28. The van der Waals surface area contributed by atoms with E-state index in [0.717, 1.165) is 29.7 Å². The molecule has 1 N–H and O–H groups in total. The highest BCUT2D eigenvalue weighted by Crippen LogP contribution is 2.30. The zero-order valence-corrected chi connectivity index (χ0v) is 12.9. The smallest absolute Gasteiger partial charge is 0.354 e. The van der Waals surface area contributed by atoms with Crippen molar-refractivity contribution in [3.05, 3.63) is 21.9 Å². The number of nitrogens with zero attached hydrogens (tertiary/aromatic N) is 5. The maximum absolute atomic E-state index is 12.5. The van der Waals surface area contributed by atoms with Crippen LogP contribution in [0.3, 0.4) is 0 Å². The van der Waals surface area contributed by atoms with E-state index in [0.29, 0.717) is 12.5 Å². The average Bonchev–Trinajstić information content (AvgIpc) is 3.11. The van der Waals surface area contributed by atoms with Crippen molar-refractivity contribution in [3.63, 3.8) is 0 Å². The van der Waals surface area contributed by atoms with Crippen molar-refractivity contribution in [3.8, 4) is 0 Å². The largest absolute Gasteiger partial charge is 0.434 e. The molecule has 2 aromatic rings. The van der Waals surface area contributed by atoms with Crippen molar-refractivity contribution in [2.24, 2.45) is 0 Å². The van der Waals surface area contributed by atoms with Gasteiger partial charge in [0.05, 0.1) is 6.54 Å². The summed E-state index contributed by atoms with van der Waals surface area (Å²) < 4.78 is 39.2. The highest BCUT2D eigenvalue weighted by atomic mass is 32.1. The quantitative estimate of drug-likeness (QED) is 0.918. The van der Waals surface area contributed by atoms with E-state index in [1.165, 1.54) is 11.9 Å². The maximum atomic E-state index is 12.5. The molecule has 0 saturated heterocycles. The number of rotatable bonds is 3. The molecule has 1 amide bonds. The zero-order chi connectivity index (χ0) is 16.6. The van der Waals surface area contributed by atoms with Gasteiger partial charge in [-0.1, -0.05) is 0 Å². The molecular formula is C12H13F3N6OS. The lowest BCUT2D eigenvalue weighted by Crippen LogP contribution is -2.27. The van der Waals surface area contributed by atoms with Gasteiger partial charge < -0.3 is 10.2 Å². The van der Waals surface area contributed by atoms with Crippen LogP contribution in [0.5, 0.6) is 0 Å². The Bertz CT molecular complexity index is 701. The Morgan fingerprint density at radius 3 is 2.91 bits per heavy atom. The standard InChI is InChI=1S/C12H13F3N6OS/c1-20(5-8-17-7(6-23-8)12(13,14)15)10(22)9-18-11-16-3-2-4-21(11)19-9/h6H,2-5H2,1H3,(H,16,18,19). The second kappa shape index (κ2) is 5.80. The van der Waals surface area contributed by atoms with Gasteiger partial charge in [-0.15, -0.1) is 16.4 Å². The van der Waals surface area contributed by atoms with Crippen LogP contribution in [0.2, 0.25) is 0 Å². The third-order valence-electron chi connectivity index (χ3n) is 3.25. The van der Waals surface area contributed by atoms with Gasteiger partial charge in [-0.3, -0.25) is 4.79 Å². The van der Waals surface area contributed by atoms with E-state index in [1.54, 1.807) is 4.68 Å². The van der Waals surface area contributed by atoms with Crippen molar-refractivity contribution in [2.75, 3.05) is 18.9 Å². The normalized spacial score (nSPS) is 14.3. The molecule has 3 heterocycles. The minimum atomic E-state index is -4.48. The van der Waals surface area contributed by atoms with Gasteiger partial charge in [-0.2, -0.15) is 18.2 Å². The zero-order valence-electron chi connectivity index (χ0n) is 12.1. The van der Waals surface area contributed by atoms with E-state index in [9.17, 15) is 18.0 Å². The van der Waals surface area contributed by atoms with Gasteiger partial charge >= 0.3 is 6.18 Å². The van der Waals surface area contributed by atoms with Crippen molar-refractivity contribution < 1.29 is 18.0 Å². The van der Waals surface area contributed by atoms with Gasteiger partial charge in [-0.05, 0) is 6.42 Å². The molecule has 0 spiro atoms. The number of halogens is 3. The van der Waals surface area contributed by atoms with Gasteiger partial charge in [0.2, 0.25) is 11.8 Å². The molecule has 0 unspecified atom stereocenters. The van der Waals surface area contributed by atoms with Gasteiger partial charge in [0, 0.05) is 25.5 Å². The highest BCUT2D eigenvalue weighted by Gasteiger charge is 2.34. The minimum Gasteiger partial charge on any atom is -0.354 e. The topological polar surface area (TPSA) is 75.9 Å². The molecule has 2 aromatic heterocycles. The Morgan fingerprint density at radius 2 is 2.26 bits per heavy atom. The summed E-state index contributed by atoms with van der Waals surface area (Å²) in [6.45, 7) is 1.41. The lowest BCUT2D eigenvalue weighted by Gasteiger charge is -2.13. The summed E-state index contributed by atoms with van der Waals surface area (Å²) in [6.07, 6.45) is -3.59. The average molecular weight is 346 g/mol. The minimum absolute atomic E-state index is 0.0181. The number of hydrogen-bond acceptors (Lipinski definition) is 6. The van der Waals surface area contributed by atoms with Crippen molar-refractivity contribution in [2.45, 2.75) is 25.7 Å². The molecule has 0 saturated carbocycles. The van der Waals surface area contributed by atoms with E-state index in [2.05, 4.69) is 20.4 Å². The van der Waals surface area contributed by atoms with Gasteiger partial charge in [0.15, 0.2) is 5.69 Å². The Kier molecular flexibility index (Phi) is 3.96. The second-order valence-corrected chi connectivity index (χ2v) is 5.99. The fraction of sp³-hybridized carbons (Fsp3) is 0.500. The number of aromatic nitrogens is 4. The molecule has 0 radical (unpaired) electrons. The monoisotopic (exact) mass is 346 g/mol. The summed E-state index contributed by atoms with van der Waals surface area (Å²) in [4.78, 5) is 21.1. The number of anilines is 1. The molecule has 0 bridgehead atoms. The number of fused-ring (bicyclic) bond motifs is 1. The number of nitrogens with one attached hydrogen (secondary N) is 1. The summed E-state index contributed by atoms with van der Waals surface area (Å²) in [5.41, 5.74) is -0.946. The number of aryl methyl sites for hydroxylation is 1. The summed E-state index contributed by atoms with van der Waals surface area (Å²) in [7, 11) is 1.48. The first-order valence-corrected chi connectivity index (χ1v) is 7.68. The molecule has 1 aliphatic rings. The van der Waals surface area contributed by atoms with Crippen LogP contribution < -0.4 is 5.32 Å². The third-order valence-corrected chi connectivity index (χ3v) is 4.09. The van der Waals surface area contributed by atoms with E-state index >= 15 is 0 Å². The van der Waals surface area contributed by atoms with Crippen LogP contribution in [0.25, 0.3) is 0 Å².